The second kappa shape index (κ2) is 13.0. The zero-order valence-corrected chi connectivity index (χ0v) is 27.4. The van der Waals surface area contributed by atoms with Gasteiger partial charge in [0, 0.05) is 23.3 Å². The van der Waals surface area contributed by atoms with Gasteiger partial charge in [0.05, 0.1) is 23.6 Å². The lowest BCUT2D eigenvalue weighted by Crippen LogP contribution is -2.30. The summed E-state index contributed by atoms with van der Waals surface area (Å²) in [7, 11) is -2.39. The van der Waals surface area contributed by atoms with Crippen LogP contribution in [0.4, 0.5) is 0 Å². The van der Waals surface area contributed by atoms with Crippen molar-refractivity contribution in [3.8, 4) is 5.75 Å². The minimum absolute atomic E-state index is 0.157. The maximum atomic E-state index is 14.1. The lowest BCUT2D eigenvalue weighted by atomic mass is 9.74. The van der Waals surface area contributed by atoms with Crippen LogP contribution in [0, 0.1) is 12.8 Å². The van der Waals surface area contributed by atoms with Crippen LogP contribution in [0.15, 0.2) is 151 Å². The third-order valence-corrected chi connectivity index (χ3v) is 10.6. The lowest BCUT2D eigenvalue weighted by Gasteiger charge is -2.32. The van der Waals surface area contributed by atoms with Gasteiger partial charge in [0.1, 0.15) is 11.5 Å². The highest BCUT2D eigenvalue weighted by atomic mass is 32.2. The largest absolute Gasteiger partial charge is 0.497 e. The zero-order valence-electron chi connectivity index (χ0n) is 26.6. The maximum absolute atomic E-state index is 14.1. The minimum atomic E-state index is -3.97. The molecule has 0 bridgehead atoms. The van der Waals surface area contributed by atoms with Gasteiger partial charge in [-0.25, -0.2) is 8.42 Å². The number of nitrogens with one attached hydrogen (secondary N) is 1. The molecule has 4 atom stereocenters. The van der Waals surface area contributed by atoms with Crippen molar-refractivity contribution >= 4 is 27.4 Å². The average Bonchev–Trinajstić information content (AvgIpc) is 3.45. The molecule has 5 aromatic carbocycles. The number of carbonyl (C=O) groups is 1. The van der Waals surface area contributed by atoms with E-state index < -0.39 is 21.9 Å². The summed E-state index contributed by atoms with van der Waals surface area (Å²) in [6.45, 7) is 1.91. The summed E-state index contributed by atoms with van der Waals surface area (Å²) in [5.74, 6) is -0.584. The third kappa shape index (κ3) is 6.05. The van der Waals surface area contributed by atoms with Gasteiger partial charge in [0.25, 0.3) is 10.0 Å². The SMILES string of the molecule is COc1ccc(/C(=C/[C@H](c2ccccc2)[C@@H]2c3ccccc3[C@H]3C=C(c4ccccc4)OC(=O)[C@@H]23)NS(=O)(=O)c2ccc(C)cc2)cc1. The Morgan fingerprint density at radius 3 is 2.08 bits per heavy atom. The number of ether oxygens (including phenoxy) is 2. The molecule has 1 aliphatic carbocycles. The Hall–Kier alpha value is -5.40. The number of methoxy groups -OCH3 is 1. The van der Waals surface area contributed by atoms with E-state index in [2.05, 4.69) is 22.9 Å². The molecule has 0 fully saturated rings. The first kappa shape index (κ1) is 31.2. The van der Waals surface area contributed by atoms with Crippen molar-refractivity contribution in [1.82, 2.24) is 4.72 Å². The van der Waals surface area contributed by atoms with Crippen LogP contribution in [0.5, 0.6) is 5.75 Å². The van der Waals surface area contributed by atoms with Crippen molar-refractivity contribution in [2.45, 2.75) is 29.6 Å². The Balaban J connectivity index is 1.39. The Labute approximate surface area is 281 Å². The number of carbonyl (C=O) groups excluding carboxylic acids is 1. The molecule has 240 valence electrons. The maximum Gasteiger partial charge on any atom is 0.315 e. The fourth-order valence-corrected chi connectivity index (χ4v) is 7.99. The number of benzene rings is 5. The van der Waals surface area contributed by atoms with Crippen LogP contribution in [0.25, 0.3) is 11.5 Å². The van der Waals surface area contributed by atoms with Crippen molar-refractivity contribution in [2.24, 2.45) is 5.92 Å². The number of esters is 1. The monoisotopic (exact) mass is 653 g/mol. The molecule has 1 aliphatic heterocycles. The molecule has 1 N–H and O–H groups in total. The fourth-order valence-electron chi connectivity index (χ4n) is 6.91. The molecule has 2 aliphatic rings. The Morgan fingerprint density at radius 1 is 0.792 bits per heavy atom. The average molecular weight is 654 g/mol. The first-order valence-corrected chi connectivity index (χ1v) is 17.4. The van der Waals surface area contributed by atoms with Crippen molar-refractivity contribution in [3.05, 3.63) is 179 Å². The minimum Gasteiger partial charge on any atom is -0.497 e. The number of allylic oxidation sites excluding steroid dienone is 2. The highest BCUT2D eigenvalue weighted by molar-refractivity contribution is 7.89. The van der Waals surface area contributed by atoms with E-state index in [4.69, 9.17) is 9.47 Å². The smallest absolute Gasteiger partial charge is 0.315 e. The van der Waals surface area contributed by atoms with Gasteiger partial charge in [-0.1, -0.05) is 109 Å². The van der Waals surface area contributed by atoms with Gasteiger partial charge in [-0.3, -0.25) is 9.52 Å². The molecule has 7 rings (SSSR count). The van der Waals surface area contributed by atoms with Crippen LogP contribution >= 0.6 is 0 Å². The van der Waals surface area contributed by atoms with Crippen molar-refractivity contribution in [1.29, 1.82) is 0 Å². The Morgan fingerprint density at radius 2 is 1.42 bits per heavy atom. The van der Waals surface area contributed by atoms with Crippen LogP contribution < -0.4 is 9.46 Å². The molecule has 0 unspecified atom stereocenters. The number of hydrogen-bond donors (Lipinski definition) is 1. The van der Waals surface area contributed by atoms with Crippen LogP contribution in [0.2, 0.25) is 0 Å². The molecule has 0 aromatic heterocycles. The van der Waals surface area contributed by atoms with Gasteiger partial charge in [-0.2, -0.15) is 0 Å². The van der Waals surface area contributed by atoms with Gasteiger partial charge in [-0.15, -0.1) is 0 Å². The van der Waals surface area contributed by atoms with Gasteiger partial charge < -0.3 is 9.47 Å². The number of fused-ring (bicyclic) bond motifs is 3. The molecule has 0 spiro atoms. The summed E-state index contributed by atoms with van der Waals surface area (Å²) in [5, 5.41) is 0. The van der Waals surface area contributed by atoms with Crippen molar-refractivity contribution in [3.63, 3.8) is 0 Å². The normalized spacial score (nSPS) is 19.4. The van der Waals surface area contributed by atoms with E-state index in [1.807, 2.05) is 97.9 Å². The molecule has 7 heteroatoms. The van der Waals surface area contributed by atoms with Crippen LogP contribution in [0.3, 0.4) is 0 Å². The van der Waals surface area contributed by atoms with E-state index in [9.17, 15) is 13.2 Å². The summed E-state index contributed by atoms with van der Waals surface area (Å²) in [5.41, 5.74) is 5.92. The molecule has 0 saturated carbocycles. The van der Waals surface area contributed by atoms with E-state index in [0.29, 0.717) is 22.8 Å². The summed E-state index contributed by atoms with van der Waals surface area (Å²) in [6.07, 6.45) is 4.02. The second-order valence-corrected chi connectivity index (χ2v) is 13.9. The number of sulfonamides is 1. The van der Waals surface area contributed by atoms with Gasteiger partial charge in [-0.05, 0) is 71.7 Å². The first-order valence-electron chi connectivity index (χ1n) is 15.9. The summed E-state index contributed by atoms with van der Waals surface area (Å²) < 4.78 is 42.1. The van der Waals surface area contributed by atoms with Crippen molar-refractivity contribution in [2.75, 3.05) is 7.11 Å². The molecule has 1 heterocycles. The predicted octanol–water partition coefficient (Wildman–Crippen LogP) is 8.20. The molecule has 0 amide bonds. The first-order chi connectivity index (χ1) is 23.3. The topological polar surface area (TPSA) is 81.7 Å². The van der Waals surface area contributed by atoms with Gasteiger partial charge in [0.15, 0.2) is 0 Å². The molecular formula is C41H35NO5S. The Kier molecular flexibility index (Phi) is 8.46. The van der Waals surface area contributed by atoms with Gasteiger partial charge >= 0.3 is 5.97 Å². The molecule has 0 saturated heterocycles. The van der Waals surface area contributed by atoms with E-state index >= 15 is 0 Å². The van der Waals surface area contributed by atoms with Crippen LogP contribution in [0.1, 0.15) is 51.1 Å². The Bertz CT molecular complexity index is 2110. The molecule has 5 aromatic rings. The van der Waals surface area contributed by atoms with Crippen LogP contribution in [-0.4, -0.2) is 21.5 Å². The molecule has 6 nitrogen and oxygen atoms in total. The summed E-state index contributed by atoms with van der Waals surface area (Å²) in [6, 6.07) is 41.8. The molecule has 0 radical (unpaired) electrons. The summed E-state index contributed by atoms with van der Waals surface area (Å²) in [4.78, 5) is 14.3. The number of hydrogen-bond acceptors (Lipinski definition) is 5. The van der Waals surface area contributed by atoms with E-state index in [0.717, 1.165) is 27.8 Å². The van der Waals surface area contributed by atoms with Crippen LogP contribution in [-0.2, 0) is 19.6 Å². The molecule has 48 heavy (non-hydrogen) atoms. The van der Waals surface area contributed by atoms with E-state index in [-0.39, 0.29) is 22.7 Å². The number of cyclic esters (lactones) is 1. The zero-order chi connectivity index (χ0) is 33.3. The third-order valence-electron chi connectivity index (χ3n) is 9.25. The van der Waals surface area contributed by atoms with E-state index in [1.165, 1.54) is 0 Å². The number of aryl methyl sites for hydroxylation is 1. The highest BCUT2D eigenvalue weighted by Gasteiger charge is 2.50. The predicted molar refractivity (Wildman–Crippen MR) is 188 cm³/mol. The van der Waals surface area contributed by atoms with E-state index in [1.54, 1.807) is 43.5 Å². The van der Waals surface area contributed by atoms with Gasteiger partial charge in [0.2, 0.25) is 0 Å². The quantitative estimate of drug-likeness (QED) is 0.162. The number of rotatable bonds is 9. The fraction of sp³-hybridized carbons (Fsp3) is 0.146. The lowest BCUT2D eigenvalue weighted by molar-refractivity contribution is -0.143. The molecular weight excluding hydrogens is 619 g/mol. The van der Waals surface area contributed by atoms with Crippen molar-refractivity contribution < 1.29 is 22.7 Å². The second-order valence-electron chi connectivity index (χ2n) is 12.2. The summed E-state index contributed by atoms with van der Waals surface area (Å²) >= 11 is 0. The standard InChI is InChI=1S/C41H35NO5S/c1-27-17-23-32(24-18-27)48(44,45)42-37(29-19-21-31(46-2)22-20-29)25-35(28-11-5-3-6-12-28)39-34-16-10-9-15-33(34)36-26-38(47-41(43)40(36)39)30-13-7-4-8-14-30/h3-26,35-36,39-40,42H,1-2H3/b37-25-/t35-,36-,39+,40-/m1/s1. The highest BCUT2D eigenvalue weighted by Crippen LogP contribution is 2.56.